The van der Waals surface area contributed by atoms with Crippen molar-refractivity contribution in [3.05, 3.63) is 16.8 Å². The highest BCUT2D eigenvalue weighted by Gasteiger charge is 2.09. The molecule has 5 nitrogen and oxygen atoms in total. The van der Waals surface area contributed by atoms with E-state index >= 15 is 0 Å². The molecular formula is C11H15N5S2. The van der Waals surface area contributed by atoms with E-state index in [9.17, 15) is 0 Å². The summed E-state index contributed by atoms with van der Waals surface area (Å²) in [6.45, 7) is 6.94. The SMILES string of the molecule is CCCNc1ncc(C)c(Sc2nnc(C)s2)n1. The van der Waals surface area contributed by atoms with Gasteiger partial charge in [0.25, 0.3) is 0 Å². The van der Waals surface area contributed by atoms with Gasteiger partial charge in [-0.1, -0.05) is 18.3 Å². The van der Waals surface area contributed by atoms with Crippen LogP contribution in [0.3, 0.4) is 0 Å². The van der Waals surface area contributed by atoms with Crippen molar-refractivity contribution in [3.8, 4) is 0 Å². The molecule has 0 amide bonds. The summed E-state index contributed by atoms with van der Waals surface area (Å²) in [5.74, 6) is 0.672. The highest BCUT2D eigenvalue weighted by Crippen LogP contribution is 2.30. The smallest absolute Gasteiger partial charge is 0.223 e. The number of aryl methyl sites for hydroxylation is 2. The average Bonchev–Trinajstić information content (AvgIpc) is 2.76. The monoisotopic (exact) mass is 281 g/mol. The second kappa shape index (κ2) is 6.10. The molecule has 18 heavy (non-hydrogen) atoms. The van der Waals surface area contributed by atoms with E-state index in [-0.39, 0.29) is 0 Å². The molecule has 7 heteroatoms. The summed E-state index contributed by atoms with van der Waals surface area (Å²) in [4.78, 5) is 8.75. The van der Waals surface area contributed by atoms with Gasteiger partial charge in [0.05, 0.1) is 0 Å². The highest BCUT2D eigenvalue weighted by molar-refractivity contribution is 8.01. The molecule has 0 fully saturated rings. The summed E-state index contributed by atoms with van der Waals surface area (Å²) in [5.41, 5.74) is 1.05. The number of nitrogens with zero attached hydrogens (tertiary/aromatic N) is 4. The molecule has 0 aromatic carbocycles. The van der Waals surface area contributed by atoms with Gasteiger partial charge in [0.1, 0.15) is 10.0 Å². The molecule has 0 aliphatic carbocycles. The summed E-state index contributed by atoms with van der Waals surface area (Å²) in [7, 11) is 0. The molecule has 0 saturated carbocycles. The van der Waals surface area contributed by atoms with Crippen molar-refractivity contribution in [1.29, 1.82) is 0 Å². The lowest BCUT2D eigenvalue weighted by atomic mass is 10.4. The third kappa shape index (κ3) is 3.39. The van der Waals surface area contributed by atoms with E-state index in [4.69, 9.17) is 0 Å². The normalized spacial score (nSPS) is 10.6. The minimum atomic E-state index is 0.672. The number of nitrogens with one attached hydrogen (secondary N) is 1. The van der Waals surface area contributed by atoms with Crippen molar-refractivity contribution in [2.45, 2.75) is 36.6 Å². The van der Waals surface area contributed by atoms with Gasteiger partial charge in [0.15, 0.2) is 4.34 Å². The number of anilines is 1. The van der Waals surface area contributed by atoms with Crippen LogP contribution in [-0.4, -0.2) is 26.7 Å². The van der Waals surface area contributed by atoms with Gasteiger partial charge in [-0.3, -0.25) is 0 Å². The van der Waals surface area contributed by atoms with Crippen molar-refractivity contribution >= 4 is 29.0 Å². The lowest BCUT2D eigenvalue weighted by molar-refractivity contribution is 0.923. The molecule has 0 unspecified atom stereocenters. The molecule has 0 spiro atoms. The standard InChI is InChI=1S/C11H15N5S2/c1-4-5-12-10-13-6-7(2)9(14-10)18-11-16-15-8(3)17-11/h6H,4-5H2,1-3H3,(H,12,13,14). The van der Waals surface area contributed by atoms with Crippen molar-refractivity contribution in [1.82, 2.24) is 20.2 Å². The van der Waals surface area contributed by atoms with E-state index < -0.39 is 0 Å². The molecule has 0 atom stereocenters. The zero-order chi connectivity index (χ0) is 13.0. The van der Waals surface area contributed by atoms with Crippen LogP contribution in [0.1, 0.15) is 23.9 Å². The van der Waals surface area contributed by atoms with E-state index in [1.54, 1.807) is 11.3 Å². The second-order valence-electron chi connectivity index (χ2n) is 3.80. The molecule has 2 rings (SSSR count). The first-order valence-electron chi connectivity index (χ1n) is 5.74. The van der Waals surface area contributed by atoms with Crippen molar-refractivity contribution in [2.24, 2.45) is 0 Å². The van der Waals surface area contributed by atoms with E-state index in [2.05, 4.69) is 32.4 Å². The zero-order valence-corrected chi connectivity index (χ0v) is 12.2. The molecule has 0 saturated heterocycles. The highest BCUT2D eigenvalue weighted by atomic mass is 32.2. The fraction of sp³-hybridized carbons (Fsp3) is 0.455. The van der Waals surface area contributed by atoms with Crippen LogP contribution in [0.25, 0.3) is 0 Å². The summed E-state index contributed by atoms with van der Waals surface area (Å²) < 4.78 is 0.913. The molecule has 1 N–H and O–H groups in total. The first kappa shape index (κ1) is 13.2. The number of rotatable bonds is 5. The van der Waals surface area contributed by atoms with Gasteiger partial charge in [0.2, 0.25) is 5.95 Å². The Balaban J connectivity index is 2.15. The van der Waals surface area contributed by atoms with Gasteiger partial charge >= 0.3 is 0 Å². The molecule has 2 aromatic heterocycles. The molecule has 96 valence electrons. The van der Waals surface area contributed by atoms with Crippen LogP contribution in [0.2, 0.25) is 0 Å². The first-order valence-corrected chi connectivity index (χ1v) is 7.38. The summed E-state index contributed by atoms with van der Waals surface area (Å²) in [6.07, 6.45) is 2.89. The molecular weight excluding hydrogens is 266 g/mol. The first-order chi connectivity index (χ1) is 8.69. The van der Waals surface area contributed by atoms with Crippen molar-refractivity contribution < 1.29 is 0 Å². The molecule has 0 aliphatic rings. The maximum Gasteiger partial charge on any atom is 0.223 e. The van der Waals surface area contributed by atoms with Crippen LogP contribution in [0.15, 0.2) is 15.6 Å². The van der Waals surface area contributed by atoms with Crippen LogP contribution in [0.4, 0.5) is 5.95 Å². The third-order valence-electron chi connectivity index (χ3n) is 2.15. The van der Waals surface area contributed by atoms with Crippen LogP contribution in [0, 0.1) is 13.8 Å². The van der Waals surface area contributed by atoms with E-state index in [0.29, 0.717) is 5.95 Å². The Morgan fingerprint density at radius 1 is 1.33 bits per heavy atom. The van der Waals surface area contributed by atoms with Gasteiger partial charge in [-0.25, -0.2) is 9.97 Å². The Morgan fingerprint density at radius 3 is 2.83 bits per heavy atom. The van der Waals surface area contributed by atoms with Crippen LogP contribution >= 0.6 is 23.1 Å². The summed E-state index contributed by atoms with van der Waals surface area (Å²) >= 11 is 3.11. The van der Waals surface area contributed by atoms with E-state index in [1.165, 1.54) is 11.8 Å². The minimum Gasteiger partial charge on any atom is -0.354 e. The van der Waals surface area contributed by atoms with Crippen LogP contribution < -0.4 is 5.32 Å². The lowest BCUT2D eigenvalue weighted by Crippen LogP contribution is -2.05. The van der Waals surface area contributed by atoms with Gasteiger partial charge in [0, 0.05) is 18.3 Å². The molecule has 2 heterocycles. The Kier molecular flexibility index (Phi) is 4.48. The second-order valence-corrected chi connectivity index (χ2v) is 6.22. The third-order valence-corrected chi connectivity index (χ3v) is 4.15. The Bertz CT molecular complexity index is 526. The van der Waals surface area contributed by atoms with Gasteiger partial charge < -0.3 is 5.32 Å². The average molecular weight is 281 g/mol. The van der Waals surface area contributed by atoms with Crippen molar-refractivity contribution in [3.63, 3.8) is 0 Å². The largest absolute Gasteiger partial charge is 0.354 e. The van der Waals surface area contributed by atoms with E-state index in [0.717, 1.165) is 32.9 Å². The molecule has 2 aromatic rings. The molecule has 0 radical (unpaired) electrons. The van der Waals surface area contributed by atoms with Gasteiger partial charge in [-0.2, -0.15) is 0 Å². The maximum atomic E-state index is 4.49. The minimum absolute atomic E-state index is 0.672. The van der Waals surface area contributed by atoms with Crippen molar-refractivity contribution in [2.75, 3.05) is 11.9 Å². The Labute approximate surface area is 114 Å². The number of hydrogen-bond donors (Lipinski definition) is 1. The zero-order valence-electron chi connectivity index (χ0n) is 10.6. The van der Waals surface area contributed by atoms with E-state index in [1.807, 2.05) is 20.0 Å². The van der Waals surface area contributed by atoms with Gasteiger partial charge in [-0.15, -0.1) is 10.2 Å². The molecule has 0 aliphatic heterocycles. The van der Waals surface area contributed by atoms with Crippen LogP contribution in [0.5, 0.6) is 0 Å². The summed E-state index contributed by atoms with van der Waals surface area (Å²) in [5, 5.41) is 13.2. The lowest BCUT2D eigenvalue weighted by Gasteiger charge is -2.06. The maximum absolute atomic E-state index is 4.49. The number of aromatic nitrogens is 4. The predicted molar refractivity (Wildman–Crippen MR) is 74.3 cm³/mol. The quantitative estimate of drug-likeness (QED) is 0.850. The van der Waals surface area contributed by atoms with Crippen LogP contribution in [-0.2, 0) is 0 Å². The Morgan fingerprint density at radius 2 is 2.17 bits per heavy atom. The fourth-order valence-electron chi connectivity index (χ4n) is 1.25. The summed E-state index contributed by atoms with van der Waals surface area (Å²) in [6, 6.07) is 0. The predicted octanol–water partition coefficient (Wildman–Crippen LogP) is 2.92. The fourth-order valence-corrected chi connectivity index (χ4v) is 3.03. The molecule has 0 bridgehead atoms. The number of hydrogen-bond acceptors (Lipinski definition) is 7. The Hall–Kier alpha value is -1.21. The van der Waals surface area contributed by atoms with Gasteiger partial charge in [-0.05, 0) is 32.0 Å². The topological polar surface area (TPSA) is 63.6 Å².